The van der Waals surface area contributed by atoms with Crippen LogP contribution in [-0.4, -0.2) is 5.78 Å². The minimum absolute atomic E-state index is 0.0758. The van der Waals surface area contributed by atoms with Gasteiger partial charge < -0.3 is 0 Å². The Labute approximate surface area is 123 Å². The Kier molecular flexibility index (Phi) is 4.73. The second kappa shape index (κ2) is 6.92. The van der Waals surface area contributed by atoms with Gasteiger partial charge >= 0.3 is 0 Å². The predicted molar refractivity (Wildman–Crippen MR) is 82.5 cm³/mol. The van der Waals surface area contributed by atoms with Gasteiger partial charge in [-0.3, -0.25) is 15.2 Å². The van der Waals surface area contributed by atoms with E-state index in [1.54, 1.807) is 5.01 Å². The fraction of sp³-hybridized carbons (Fsp3) is 0.0588. The maximum Gasteiger partial charge on any atom is 0.171 e. The van der Waals surface area contributed by atoms with Gasteiger partial charge in [0.2, 0.25) is 0 Å². The number of benzene rings is 2. The first-order valence-corrected chi connectivity index (χ1v) is 6.50. The number of allylic oxidation sites excluding steroid dienone is 1. The summed E-state index contributed by atoms with van der Waals surface area (Å²) in [5.74, 6) is -0.272. The largest absolute Gasteiger partial charge is 0.300 e. The summed E-state index contributed by atoms with van der Waals surface area (Å²) in [6, 6.07) is 21.2. The van der Waals surface area contributed by atoms with Gasteiger partial charge in [0.15, 0.2) is 5.78 Å². The molecule has 1 N–H and O–H groups in total. The quantitative estimate of drug-likeness (QED) is 0.517. The lowest BCUT2D eigenvalue weighted by Gasteiger charge is -2.24. The summed E-state index contributed by atoms with van der Waals surface area (Å²) in [5, 5.41) is 10.8. The van der Waals surface area contributed by atoms with Crippen LogP contribution in [0.4, 0.5) is 11.4 Å². The minimum atomic E-state index is -0.272. The van der Waals surface area contributed by atoms with Crippen LogP contribution in [-0.2, 0) is 4.79 Å². The second-order valence-corrected chi connectivity index (χ2v) is 4.36. The third-order valence-electron chi connectivity index (χ3n) is 2.87. The molecule has 0 atom stereocenters. The lowest BCUT2D eigenvalue weighted by atomic mass is 10.2. The summed E-state index contributed by atoms with van der Waals surface area (Å²) in [7, 11) is 0. The van der Waals surface area contributed by atoms with E-state index in [0.717, 1.165) is 11.4 Å². The van der Waals surface area contributed by atoms with Crippen molar-refractivity contribution in [3.63, 3.8) is 0 Å². The molecule has 0 spiro atoms. The number of nitriles is 1. The number of carbonyl (C=O) groups excluding carboxylic acids is 1. The van der Waals surface area contributed by atoms with E-state index in [-0.39, 0.29) is 11.4 Å². The molecule has 0 radical (unpaired) electrons. The molecule has 0 aliphatic rings. The van der Waals surface area contributed by atoms with Crippen LogP contribution in [0.25, 0.3) is 0 Å². The van der Waals surface area contributed by atoms with Crippen molar-refractivity contribution >= 4 is 17.2 Å². The molecule has 2 rings (SSSR count). The molecule has 2 aromatic rings. The highest BCUT2D eigenvalue weighted by Crippen LogP contribution is 2.22. The number of nitrogens with zero attached hydrogens (tertiary/aromatic N) is 2. The highest BCUT2D eigenvalue weighted by molar-refractivity contribution is 5.97. The second-order valence-electron chi connectivity index (χ2n) is 4.36. The number of rotatable bonds is 5. The van der Waals surface area contributed by atoms with E-state index < -0.39 is 0 Å². The van der Waals surface area contributed by atoms with E-state index in [1.807, 2.05) is 66.7 Å². The highest BCUT2D eigenvalue weighted by atomic mass is 16.1. The van der Waals surface area contributed by atoms with Crippen LogP contribution >= 0.6 is 0 Å². The molecule has 0 aliphatic heterocycles. The van der Waals surface area contributed by atoms with Gasteiger partial charge in [-0.2, -0.15) is 5.26 Å². The van der Waals surface area contributed by atoms with Gasteiger partial charge in [0, 0.05) is 6.20 Å². The smallest absolute Gasteiger partial charge is 0.171 e. The predicted octanol–water partition coefficient (Wildman–Crippen LogP) is 3.33. The van der Waals surface area contributed by atoms with Crippen LogP contribution in [0.3, 0.4) is 0 Å². The summed E-state index contributed by atoms with van der Waals surface area (Å²) < 4.78 is 0. The number of carbonyl (C=O) groups is 1. The average molecular weight is 277 g/mol. The molecule has 0 saturated carbocycles. The zero-order valence-electron chi connectivity index (χ0n) is 11.7. The first-order chi connectivity index (χ1) is 10.2. The zero-order chi connectivity index (χ0) is 15.1. The van der Waals surface area contributed by atoms with Crippen molar-refractivity contribution in [1.82, 2.24) is 5.43 Å². The van der Waals surface area contributed by atoms with E-state index in [2.05, 4.69) is 5.43 Å². The molecule has 0 bridgehead atoms. The van der Waals surface area contributed by atoms with Crippen LogP contribution in [0.2, 0.25) is 0 Å². The van der Waals surface area contributed by atoms with Gasteiger partial charge in [-0.1, -0.05) is 36.4 Å². The summed E-state index contributed by atoms with van der Waals surface area (Å²) >= 11 is 0. The lowest BCUT2D eigenvalue weighted by Crippen LogP contribution is -2.30. The SMILES string of the molecule is CC(=O)/C(C#N)=C/NN(c1ccccc1)c1ccccc1. The minimum Gasteiger partial charge on any atom is -0.300 e. The third kappa shape index (κ3) is 3.71. The Hall–Kier alpha value is -3.06. The molecule has 2 aromatic carbocycles. The molecule has 0 saturated heterocycles. The number of para-hydroxylation sites is 2. The van der Waals surface area contributed by atoms with E-state index in [9.17, 15) is 4.79 Å². The molecule has 0 fully saturated rings. The van der Waals surface area contributed by atoms with Crippen molar-refractivity contribution in [1.29, 1.82) is 5.26 Å². The maximum absolute atomic E-state index is 11.3. The monoisotopic (exact) mass is 277 g/mol. The maximum atomic E-state index is 11.3. The number of nitrogens with one attached hydrogen (secondary N) is 1. The van der Waals surface area contributed by atoms with E-state index in [4.69, 9.17) is 5.26 Å². The zero-order valence-corrected chi connectivity index (χ0v) is 11.7. The van der Waals surface area contributed by atoms with Gasteiger partial charge in [0.05, 0.1) is 11.4 Å². The van der Waals surface area contributed by atoms with Gasteiger partial charge in [-0.05, 0) is 31.2 Å². The van der Waals surface area contributed by atoms with Crippen molar-refractivity contribution in [2.75, 3.05) is 5.01 Å². The Morgan fingerprint density at radius 3 is 1.90 bits per heavy atom. The van der Waals surface area contributed by atoms with E-state index in [1.165, 1.54) is 13.1 Å². The van der Waals surface area contributed by atoms with Crippen LogP contribution in [0.5, 0.6) is 0 Å². The number of anilines is 2. The molecular weight excluding hydrogens is 262 g/mol. The van der Waals surface area contributed by atoms with Gasteiger partial charge in [-0.15, -0.1) is 0 Å². The normalized spacial score (nSPS) is 10.6. The summed E-state index contributed by atoms with van der Waals surface area (Å²) in [5.41, 5.74) is 4.90. The molecule has 0 aromatic heterocycles. The molecule has 0 amide bonds. The first kappa shape index (κ1) is 14.4. The topological polar surface area (TPSA) is 56.1 Å². The van der Waals surface area contributed by atoms with Gasteiger partial charge in [0.1, 0.15) is 11.6 Å². The van der Waals surface area contributed by atoms with Crippen molar-refractivity contribution < 1.29 is 4.79 Å². The summed E-state index contributed by atoms with van der Waals surface area (Å²) in [6.45, 7) is 1.37. The Bertz CT molecular complexity index is 633. The molecule has 0 unspecified atom stereocenters. The van der Waals surface area contributed by atoms with Crippen LogP contribution in [0.1, 0.15) is 6.92 Å². The van der Waals surface area contributed by atoms with Gasteiger partial charge in [-0.25, -0.2) is 0 Å². The van der Waals surface area contributed by atoms with Gasteiger partial charge in [0.25, 0.3) is 0 Å². The number of hydrazine groups is 1. The van der Waals surface area contributed by atoms with Crippen molar-refractivity contribution in [3.8, 4) is 6.07 Å². The number of hydrogen-bond acceptors (Lipinski definition) is 4. The van der Waals surface area contributed by atoms with Crippen molar-refractivity contribution in [2.45, 2.75) is 6.92 Å². The van der Waals surface area contributed by atoms with Crippen LogP contribution < -0.4 is 10.4 Å². The van der Waals surface area contributed by atoms with Crippen molar-refractivity contribution in [2.24, 2.45) is 0 Å². The fourth-order valence-electron chi connectivity index (χ4n) is 1.79. The Balaban J connectivity index is 2.35. The summed E-state index contributed by atoms with van der Waals surface area (Å²) in [6.07, 6.45) is 1.42. The molecule has 104 valence electrons. The standard InChI is InChI=1S/C17H15N3O/c1-14(21)15(12-18)13-19-20(16-8-4-2-5-9-16)17-10-6-3-7-11-17/h2-11,13,19H,1H3/b15-13+. The average Bonchev–Trinajstić information content (AvgIpc) is 2.53. The van der Waals surface area contributed by atoms with E-state index >= 15 is 0 Å². The Morgan fingerprint density at radius 2 is 1.52 bits per heavy atom. The fourth-order valence-corrected chi connectivity index (χ4v) is 1.79. The van der Waals surface area contributed by atoms with Crippen LogP contribution in [0, 0.1) is 11.3 Å². The van der Waals surface area contributed by atoms with Crippen molar-refractivity contribution in [3.05, 3.63) is 72.4 Å². The third-order valence-corrected chi connectivity index (χ3v) is 2.87. The summed E-state index contributed by atoms with van der Waals surface area (Å²) in [4.78, 5) is 11.3. The number of hydrogen-bond donors (Lipinski definition) is 1. The number of ketones is 1. The van der Waals surface area contributed by atoms with Crippen LogP contribution in [0.15, 0.2) is 72.4 Å². The lowest BCUT2D eigenvalue weighted by molar-refractivity contribution is -0.113. The molecule has 0 aliphatic carbocycles. The number of Topliss-reactive ketones (excluding diaryl/α,β-unsaturated/α-hetero) is 1. The highest BCUT2D eigenvalue weighted by Gasteiger charge is 2.08. The molecule has 4 heteroatoms. The van der Waals surface area contributed by atoms with E-state index in [0.29, 0.717) is 0 Å². The Morgan fingerprint density at radius 1 is 1.05 bits per heavy atom. The first-order valence-electron chi connectivity index (χ1n) is 6.50. The molecule has 4 nitrogen and oxygen atoms in total. The molecule has 21 heavy (non-hydrogen) atoms. The molecule has 0 heterocycles. The molecular formula is C17H15N3O.